The zero-order chi connectivity index (χ0) is 25.1. The van der Waals surface area contributed by atoms with Crippen molar-refractivity contribution in [1.82, 2.24) is 0 Å². The number of rotatable bonds is 4. The van der Waals surface area contributed by atoms with E-state index in [1.54, 1.807) is 13.8 Å². The third kappa shape index (κ3) is 3.33. The van der Waals surface area contributed by atoms with Crippen LogP contribution in [0.1, 0.15) is 77.4 Å². The second kappa shape index (κ2) is 8.07. The van der Waals surface area contributed by atoms with Crippen LogP contribution in [0.3, 0.4) is 0 Å². The maximum atomic E-state index is 14.7. The van der Waals surface area contributed by atoms with Crippen molar-refractivity contribution < 1.29 is 43.9 Å². The number of carbonyl (C=O) groups excluding carboxylic acids is 2. The number of benzene rings is 2. The number of carbonyl (C=O) groups is 2. The molecule has 2 aliphatic heterocycles. The molecule has 0 saturated heterocycles. The van der Waals surface area contributed by atoms with Gasteiger partial charge in [0.25, 0.3) is 0 Å². The first kappa shape index (κ1) is 23.7. The Balaban J connectivity index is 1.95. The standard InChI is InChI=1S/C25H27FO8/c1-5-11-9-33-23-10(3)18(28)12(20(30)16(23)19(11)29)7-13-21(31)17(26)22(32)15-14(27)8-25(4,6-2)34-24(13)15/h11,28,30-32H,5-9H2,1-4H3. The third-order valence-corrected chi connectivity index (χ3v) is 6.97. The smallest absolute Gasteiger partial charge is 0.207 e. The normalized spacial score (nSPS) is 21.5. The number of phenolic OH excluding ortho intramolecular Hbond substituents is 4. The quantitative estimate of drug-likeness (QED) is 0.516. The highest BCUT2D eigenvalue weighted by Crippen LogP contribution is 2.51. The number of aromatic hydroxyl groups is 4. The second-order valence-corrected chi connectivity index (χ2v) is 9.16. The third-order valence-electron chi connectivity index (χ3n) is 6.97. The molecule has 0 amide bonds. The molecule has 0 aromatic heterocycles. The fourth-order valence-corrected chi connectivity index (χ4v) is 4.58. The van der Waals surface area contributed by atoms with Gasteiger partial charge in [-0.05, 0) is 26.7 Å². The minimum Gasteiger partial charge on any atom is -0.507 e. The number of ether oxygens (including phenoxy) is 2. The van der Waals surface area contributed by atoms with Gasteiger partial charge >= 0.3 is 0 Å². The predicted molar refractivity (Wildman–Crippen MR) is 119 cm³/mol. The predicted octanol–water partition coefficient (Wildman–Crippen LogP) is 4.28. The Morgan fingerprint density at radius 2 is 1.65 bits per heavy atom. The summed E-state index contributed by atoms with van der Waals surface area (Å²) in [5.41, 5.74) is -1.66. The van der Waals surface area contributed by atoms with Gasteiger partial charge in [0, 0.05) is 23.1 Å². The molecule has 0 bridgehead atoms. The molecule has 0 saturated carbocycles. The van der Waals surface area contributed by atoms with E-state index in [-0.39, 0.29) is 52.6 Å². The summed E-state index contributed by atoms with van der Waals surface area (Å²) in [5.74, 6) is -5.91. The molecule has 2 aromatic carbocycles. The molecule has 2 aromatic rings. The van der Waals surface area contributed by atoms with Crippen molar-refractivity contribution in [2.75, 3.05) is 6.61 Å². The average molecular weight is 474 g/mol. The molecule has 9 heteroatoms. The number of phenols is 4. The number of ketones is 2. The molecule has 2 unspecified atom stereocenters. The van der Waals surface area contributed by atoms with Gasteiger partial charge in [-0.2, -0.15) is 4.39 Å². The molecule has 182 valence electrons. The summed E-state index contributed by atoms with van der Waals surface area (Å²) in [5, 5.41) is 42.7. The van der Waals surface area contributed by atoms with Crippen LogP contribution in [0, 0.1) is 18.7 Å². The maximum Gasteiger partial charge on any atom is 0.207 e. The monoisotopic (exact) mass is 474 g/mol. The number of hydrogen-bond acceptors (Lipinski definition) is 8. The Morgan fingerprint density at radius 1 is 0.971 bits per heavy atom. The van der Waals surface area contributed by atoms with Crippen LogP contribution in [-0.2, 0) is 6.42 Å². The topological polar surface area (TPSA) is 134 Å². The Hall–Kier alpha value is -3.49. The van der Waals surface area contributed by atoms with E-state index < -0.39 is 58.1 Å². The molecule has 0 aliphatic carbocycles. The number of hydrogen-bond donors (Lipinski definition) is 4. The number of fused-ring (bicyclic) bond motifs is 2. The lowest BCUT2D eigenvalue weighted by atomic mass is 9.85. The van der Waals surface area contributed by atoms with Crippen molar-refractivity contribution in [3.8, 4) is 34.5 Å². The van der Waals surface area contributed by atoms with E-state index in [0.717, 1.165) is 0 Å². The van der Waals surface area contributed by atoms with Gasteiger partial charge in [-0.1, -0.05) is 13.8 Å². The van der Waals surface area contributed by atoms with Crippen molar-refractivity contribution >= 4 is 11.6 Å². The van der Waals surface area contributed by atoms with E-state index in [1.165, 1.54) is 6.92 Å². The lowest BCUT2D eigenvalue weighted by Crippen LogP contribution is -2.39. The Kier molecular flexibility index (Phi) is 5.62. The molecule has 4 N–H and O–H groups in total. The van der Waals surface area contributed by atoms with Crippen LogP contribution in [0.4, 0.5) is 4.39 Å². The minimum atomic E-state index is -1.41. The highest BCUT2D eigenvalue weighted by Gasteiger charge is 2.42. The molecule has 0 fully saturated rings. The first-order chi connectivity index (χ1) is 16.0. The summed E-state index contributed by atoms with van der Waals surface area (Å²) in [4.78, 5) is 25.8. The zero-order valence-electron chi connectivity index (χ0n) is 19.4. The molecular formula is C25H27FO8. The van der Waals surface area contributed by atoms with E-state index in [4.69, 9.17) is 9.47 Å². The molecule has 2 aliphatic rings. The van der Waals surface area contributed by atoms with Gasteiger partial charge in [-0.25, -0.2) is 0 Å². The number of Topliss-reactive ketones (excluding diaryl/α,β-unsaturated/α-hetero) is 2. The van der Waals surface area contributed by atoms with Gasteiger partial charge in [0.2, 0.25) is 5.82 Å². The first-order valence-electron chi connectivity index (χ1n) is 11.2. The number of halogens is 1. The highest BCUT2D eigenvalue weighted by atomic mass is 19.1. The van der Waals surface area contributed by atoms with Crippen LogP contribution < -0.4 is 9.47 Å². The van der Waals surface area contributed by atoms with Gasteiger partial charge in [-0.15, -0.1) is 0 Å². The minimum absolute atomic E-state index is 0.0709. The average Bonchev–Trinajstić information content (AvgIpc) is 2.80. The Morgan fingerprint density at radius 3 is 2.26 bits per heavy atom. The molecule has 8 nitrogen and oxygen atoms in total. The zero-order valence-corrected chi connectivity index (χ0v) is 19.4. The lowest BCUT2D eigenvalue weighted by Gasteiger charge is -2.36. The summed E-state index contributed by atoms with van der Waals surface area (Å²) in [6, 6.07) is 0. The van der Waals surface area contributed by atoms with Crippen molar-refractivity contribution in [3.63, 3.8) is 0 Å². The molecule has 34 heavy (non-hydrogen) atoms. The highest BCUT2D eigenvalue weighted by molar-refractivity contribution is 6.05. The fraction of sp³-hybridized carbons (Fsp3) is 0.440. The van der Waals surface area contributed by atoms with Crippen molar-refractivity contribution in [1.29, 1.82) is 0 Å². The van der Waals surface area contributed by atoms with E-state index in [9.17, 15) is 34.4 Å². The summed E-state index contributed by atoms with van der Waals surface area (Å²) in [6.07, 6.45) is 0.311. The largest absolute Gasteiger partial charge is 0.507 e. The second-order valence-electron chi connectivity index (χ2n) is 9.16. The Labute approximate surface area is 195 Å². The van der Waals surface area contributed by atoms with Crippen LogP contribution >= 0.6 is 0 Å². The molecular weight excluding hydrogens is 447 g/mol. The molecule has 2 atom stereocenters. The summed E-state index contributed by atoms with van der Waals surface area (Å²) < 4.78 is 26.4. The summed E-state index contributed by atoms with van der Waals surface area (Å²) in [7, 11) is 0. The SMILES string of the molecule is CCC1COc2c(C)c(O)c(Cc3c(O)c(F)c(O)c4c3OC(C)(CC)CC4=O)c(O)c2C1=O. The van der Waals surface area contributed by atoms with Crippen LogP contribution in [-0.4, -0.2) is 44.2 Å². The van der Waals surface area contributed by atoms with Gasteiger partial charge in [0.15, 0.2) is 23.1 Å². The van der Waals surface area contributed by atoms with Gasteiger partial charge in [0.05, 0.1) is 18.9 Å². The van der Waals surface area contributed by atoms with Crippen molar-refractivity contribution in [2.24, 2.45) is 5.92 Å². The molecule has 0 spiro atoms. The maximum absolute atomic E-state index is 14.7. The van der Waals surface area contributed by atoms with Gasteiger partial charge in [0.1, 0.15) is 39.7 Å². The molecule has 4 rings (SSSR count). The lowest BCUT2D eigenvalue weighted by molar-refractivity contribution is 0.0481. The van der Waals surface area contributed by atoms with Crippen LogP contribution in [0.25, 0.3) is 0 Å². The summed E-state index contributed by atoms with van der Waals surface area (Å²) >= 11 is 0. The summed E-state index contributed by atoms with van der Waals surface area (Å²) in [6.45, 7) is 6.90. The molecule has 2 heterocycles. The van der Waals surface area contributed by atoms with Crippen LogP contribution in [0.2, 0.25) is 0 Å². The van der Waals surface area contributed by atoms with Crippen LogP contribution in [0.5, 0.6) is 34.5 Å². The van der Waals surface area contributed by atoms with Gasteiger partial charge in [-0.3, -0.25) is 9.59 Å². The van der Waals surface area contributed by atoms with Crippen molar-refractivity contribution in [2.45, 2.75) is 59.0 Å². The van der Waals surface area contributed by atoms with Gasteiger partial charge < -0.3 is 29.9 Å². The van der Waals surface area contributed by atoms with E-state index in [2.05, 4.69) is 0 Å². The van der Waals surface area contributed by atoms with E-state index in [1.807, 2.05) is 6.92 Å². The van der Waals surface area contributed by atoms with E-state index >= 15 is 0 Å². The fourth-order valence-electron chi connectivity index (χ4n) is 4.58. The van der Waals surface area contributed by atoms with Crippen LogP contribution in [0.15, 0.2) is 0 Å². The Bertz CT molecular complexity index is 1230. The first-order valence-corrected chi connectivity index (χ1v) is 11.2. The molecule has 0 radical (unpaired) electrons. The van der Waals surface area contributed by atoms with E-state index in [0.29, 0.717) is 12.8 Å². The van der Waals surface area contributed by atoms with Crippen molar-refractivity contribution in [3.05, 3.63) is 33.6 Å².